The Morgan fingerprint density at radius 1 is 0.971 bits per heavy atom. The van der Waals surface area contributed by atoms with Crippen LogP contribution in [-0.2, 0) is 4.79 Å². The average Bonchev–Trinajstić information content (AvgIpc) is 3.43. The largest absolute Gasteiger partial charge is 0.483 e. The molecule has 1 saturated heterocycles. The number of hydrogen-bond acceptors (Lipinski definition) is 4. The second kappa shape index (κ2) is 9.59. The van der Waals surface area contributed by atoms with Gasteiger partial charge in [-0.1, -0.05) is 60.7 Å². The van der Waals surface area contributed by atoms with Crippen molar-refractivity contribution in [2.45, 2.75) is 32.0 Å². The van der Waals surface area contributed by atoms with E-state index in [-0.39, 0.29) is 24.5 Å². The summed E-state index contributed by atoms with van der Waals surface area (Å²) in [4.78, 5) is 30.1. The molecule has 0 unspecified atom stereocenters. The first-order valence-electron chi connectivity index (χ1n) is 11.9. The normalized spacial score (nSPS) is 18.3. The first-order chi connectivity index (χ1) is 16.6. The maximum atomic E-state index is 13.8. The molecular formula is C28H29N3O3. The van der Waals surface area contributed by atoms with E-state index in [2.05, 4.69) is 5.32 Å². The zero-order valence-corrected chi connectivity index (χ0v) is 19.3. The van der Waals surface area contributed by atoms with Crippen molar-refractivity contribution in [1.29, 1.82) is 0 Å². The number of hydrogen-bond donors (Lipinski definition) is 1. The van der Waals surface area contributed by atoms with Gasteiger partial charge in [-0.3, -0.25) is 9.59 Å². The van der Waals surface area contributed by atoms with Gasteiger partial charge in [0.25, 0.3) is 11.8 Å². The second-order valence-corrected chi connectivity index (χ2v) is 8.81. The molecule has 1 fully saturated rings. The number of benzene rings is 3. The summed E-state index contributed by atoms with van der Waals surface area (Å²) in [6.45, 7) is 3.61. The highest BCUT2D eigenvalue weighted by Gasteiger charge is 2.37. The minimum atomic E-state index is -0.448. The second-order valence-electron chi connectivity index (χ2n) is 8.81. The fraction of sp³-hybridized carbons (Fsp3) is 0.286. The maximum absolute atomic E-state index is 13.8. The molecule has 174 valence electrons. The minimum absolute atomic E-state index is 0.000150. The van der Waals surface area contributed by atoms with Gasteiger partial charge < -0.3 is 19.9 Å². The van der Waals surface area contributed by atoms with Crippen LogP contribution in [0.2, 0.25) is 0 Å². The Bertz CT molecular complexity index is 1170. The molecule has 2 heterocycles. The molecule has 1 N–H and O–H groups in total. The Balaban J connectivity index is 1.49. The summed E-state index contributed by atoms with van der Waals surface area (Å²) in [5.74, 6) is 0.559. The molecule has 0 aromatic heterocycles. The predicted molar refractivity (Wildman–Crippen MR) is 132 cm³/mol. The molecule has 2 aliphatic heterocycles. The Kier molecular flexibility index (Phi) is 6.21. The topological polar surface area (TPSA) is 61.9 Å². The van der Waals surface area contributed by atoms with Crippen molar-refractivity contribution in [2.75, 3.05) is 25.0 Å². The van der Waals surface area contributed by atoms with E-state index < -0.39 is 6.17 Å². The molecule has 0 spiro atoms. The minimum Gasteiger partial charge on any atom is -0.483 e. The Labute approximate surface area is 200 Å². The van der Waals surface area contributed by atoms with E-state index in [1.807, 2.05) is 95.6 Å². The summed E-state index contributed by atoms with van der Waals surface area (Å²) >= 11 is 0. The van der Waals surface area contributed by atoms with Crippen molar-refractivity contribution in [2.24, 2.45) is 0 Å². The molecule has 2 aliphatic rings. The van der Waals surface area contributed by atoms with Gasteiger partial charge in [0.15, 0.2) is 6.61 Å². The number of anilines is 1. The van der Waals surface area contributed by atoms with E-state index in [4.69, 9.17) is 4.74 Å². The van der Waals surface area contributed by atoms with Crippen molar-refractivity contribution < 1.29 is 14.3 Å². The first kappa shape index (κ1) is 22.0. The van der Waals surface area contributed by atoms with Crippen LogP contribution in [0, 0.1) is 0 Å². The fourth-order valence-corrected chi connectivity index (χ4v) is 4.82. The van der Waals surface area contributed by atoms with Gasteiger partial charge in [-0.2, -0.15) is 0 Å². The molecule has 0 radical (unpaired) electrons. The van der Waals surface area contributed by atoms with E-state index in [1.54, 1.807) is 0 Å². The lowest BCUT2D eigenvalue weighted by Crippen LogP contribution is -2.44. The summed E-state index contributed by atoms with van der Waals surface area (Å²) < 4.78 is 6.05. The molecule has 0 bridgehead atoms. The molecule has 5 rings (SSSR count). The third-order valence-corrected chi connectivity index (χ3v) is 6.69. The number of carbonyl (C=O) groups excluding carboxylic acids is 2. The molecule has 34 heavy (non-hydrogen) atoms. The highest BCUT2D eigenvalue weighted by Crippen LogP contribution is 2.41. The molecule has 2 atom stereocenters. The zero-order valence-electron chi connectivity index (χ0n) is 19.3. The third kappa shape index (κ3) is 4.23. The number of ether oxygens (including phenoxy) is 1. The van der Waals surface area contributed by atoms with Crippen molar-refractivity contribution >= 4 is 17.5 Å². The average molecular weight is 456 g/mol. The van der Waals surface area contributed by atoms with Crippen LogP contribution < -0.4 is 10.1 Å². The first-order valence-corrected chi connectivity index (χ1v) is 11.9. The molecule has 6 nitrogen and oxygen atoms in total. The third-order valence-electron chi connectivity index (χ3n) is 6.69. The van der Waals surface area contributed by atoms with Gasteiger partial charge in [-0.25, -0.2) is 0 Å². The molecule has 3 aromatic carbocycles. The number of carbonyl (C=O) groups is 2. The number of rotatable bonds is 6. The number of para-hydroxylation sites is 2. The van der Waals surface area contributed by atoms with Gasteiger partial charge in [0.05, 0.1) is 11.6 Å². The van der Waals surface area contributed by atoms with Gasteiger partial charge in [0, 0.05) is 24.3 Å². The summed E-state index contributed by atoms with van der Waals surface area (Å²) in [5, 5.41) is 3.56. The highest BCUT2D eigenvalue weighted by molar-refractivity contribution is 6.02. The van der Waals surface area contributed by atoms with Gasteiger partial charge in [-0.05, 0) is 43.5 Å². The van der Waals surface area contributed by atoms with Crippen LogP contribution in [0.3, 0.4) is 0 Å². The van der Waals surface area contributed by atoms with Crippen LogP contribution in [0.15, 0.2) is 78.9 Å². The van der Waals surface area contributed by atoms with Crippen molar-refractivity contribution in [3.63, 3.8) is 0 Å². The summed E-state index contributed by atoms with van der Waals surface area (Å²) in [6, 6.07) is 25.0. The number of amides is 2. The summed E-state index contributed by atoms with van der Waals surface area (Å²) in [7, 11) is 0. The van der Waals surface area contributed by atoms with Gasteiger partial charge in [0.2, 0.25) is 0 Å². The summed E-state index contributed by atoms with van der Waals surface area (Å²) in [5.41, 5.74) is 3.30. The lowest BCUT2D eigenvalue weighted by Gasteiger charge is -2.42. The van der Waals surface area contributed by atoms with Crippen molar-refractivity contribution in [3.8, 4) is 5.75 Å². The number of likely N-dealkylation sites (tertiary alicyclic amines) is 1. The van der Waals surface area contributed by atoms with Crippen LogP contribution in [0.5, 0.6) is 5.75 Å². The van der Waals surface area contributed by atoms with Crippen LogP contribution in [-0.4, -0.2) is 41.3 Å². The molecule has 0 saturated carbocycles. The Morgan fingerprint density at radius 3 is 2.44 bits per heavy atom. The lowest BCUT2D eigenvalue weighted by atomic mass is 9.98. The Morgan fingerprint density at radius 2 is 1.65 bits per heavy atom. The van der Waals surface area contributed by atoms with Crippen molar-refractivity contribution in [3.05, 3.63) is 95.6 Å². The van der Waals surface area contributed by atoms with Crippen LogP contribution in [0.1, 0.15) is 53.5 Å². The number of nitrogens with one attached hydrogen (secondary N) is 1. The molecular weight excluding hydrogens is 426 g/mol. The predicted octanol–water partition coefficient (Wildman–Crippen LogP) is 5.02. The van der Waals surface area contributed by atoms with Gasteiger partial charge >= 0.3 is 0 Å². The van der Waals surface area contributed by atoms with Crippen molar-refractivity contribution in [1.82, 2.24) is 9.80 Å². The van der Waals surface area contributed by atoms with E-state index >= 15 is 0 Å². The van der Waals surface area contributed by atoms with E-state index in [1.165, 1.54) is 0 Å². The fourth-order valence-electron chi connectivity index (χ4n) is 4.82. The van der Waals surface area contributed by atoms with Gasteiger partial charge in [0.1, 0.15) is 11.9 Å². The van der Waals surface area contributed by atoms with Crippen LogP contribution in [0.4, 0.5) is 5.69 Å². The summed E-state index contributed by atoms with van der Waals surface area (Å²) in [6.07, 6.45) is 1.64. The van der Waals surface area contributed by atoms with Crippen LogP contribution >= 0.6 is 0 Å². The van der Waals surface area contributed by atoms with E-state index in [0.29, 0.717) is 11.3 Å². The number of nitrogens with zero attached hydrogens (tertiary/aromatic N) is 2. The SMILES string of the molecule is C[C@@H](c1ccccc1)N1C(=O)c2ccccc2N[C@@H]1c1ccccc1OCC(=O)N1CCCC1. The number of fused-ring (bicyclic) bond motifs is 1. The quantitative estimate of drug-likeness (QED) is 0.567. The zero-order chi connectivity index (χ0) is 23.5. The lowest BCUT2D eigenvalue weighted by molar-refractivity contribution is -0.132. The smallest absolute Gasteiger partial charge is 0.260 e. The Hall–Kier alpha value is -3.80. The van der Waals surface area contributed by atoms with E-state index in [0.717, 1.165) is 42.7 Å². The van der Waals surface area contributed by atoms with Crippen LogP contribution in [0.25, 0.3) is 0 Å². The molecule has 0 aliphatic carbocycles. The molecule has 6 heteroatoms. The molecule has 2 amide bonds. The highest BCUT2D eigenvalue weighted by atomic mass is 16.5. The molecule has 3 aromatic rings. The monoisotopic (exact) mass is 455 g/mol. The van der Waals surface area contributed by atoms with E-state index in [9.17, 15) is 9.59 Å². The standard InChI is InChI=1S/C28H29N3O3/c1-20(21-11-3-2-4-12-21)31-27(29-24-15-7-5-13-22(24)28(31)33)23-14-6-8-16-25(23)34-19-26(32)30-17-9-10-18-30/h2-8,11-16,20,27,29H,9-10,17-19H2,1H3/t20-,27-/m0/s1. The van der Waals surface area contributed by atoms with Gasteiger partial charge in [-0.15, -0.1) is 0 Å². The maximum Gasteiger partial charge on any atom is 0.260 e.